The molecule has 1 rings (SSSR count). The lowest BCUT2D eigenvalue weighted by Gasteiger charge is -2.14. The molecule has 0 spiro atoms. The predicted octanol–water partition coefficient (Wildman–Crippen LogP) is 3.53. The van der Waals surface area contributed by atoms with Crippen molar-refractivity contribution in [3.8, 4) is 11.8 Å². The van der Waals surface area contributed by atoms with Gasteiger partial charge in [0.15, 0.2) is 0 Å². The van der Waals surface area contributed by atoms with E-state index in [2.05, 4.69) is 25.4 Å². The summed E-state index contributed by atoms with van der Waals surface area (Å²) >= 11 is 2.99. The van der Waals surface area contributed by atoms with Gasteiger partial charge in [0.25, 0.3) is 0 Å². The zero-order valence-electron chi connectivity index (χ0n) is 10.3. The number of carbonyl (C=O) groups is 1. The van der Waals surface area contributed by atoms with Crippen molar-refractivity contribution in [3.05, 3.63) is 28.8 Å². The Kier molecular flexibility index (Phi) is 5.39. The van der Waals surface area contributed by atoms with Crippen molar-refractivity contribution in [1.82, 2.24) is 0 Å². The Morgan fingerprint density at radius 1 is 1.45 bits per heavy atom. The van der Waals surface area contributed by atoms with Gasteiger partial charge in [-0.3, -0.25) is 0 Å². The Hall–Kier alpha value is -1.75. The van der Waals surface area contributed by atoms with Crippen LogP contribution >= 0.6 is 15.9 Å². The number of nitriles is 1. The molecule has 0 aromatic heterocycles. The molecule has 0 radical (unpaired) electrons. The van der Waals surface area contributed by atoms with Crippen LogP contribution in [0.25, 0.3) is 0 Å². The Bertz CT molecular complexity index is 552. The molecule has 20 heavy (non-hydrogen) atoms. The van der Waals surface area contributed by atoms with Crippen LogP contribution in [0.4, 0.5) is 13.2 Å². The first-order valence-corrected chi connectivity index (χ1v) is 6.50. The van der Waals surface area contributed by atoms with Crippen LogP contribution < -0.4 is 4.74 Å². The van der Waals surface area contributed by atoms with Crippen LogP contribution in [0, 0.1) is 11.3 Å². The average Bonchev–Trinajstić information content (AvgIpc) is 2.36. The summed E-state index contributed by atoms with van der Waals surface area (Å²) in [5.41, 5.74) is -0.253. The number of hydrogen-bond acceptors (Lipinski definition) is 4. The monoisotopic (exact) mass is 351 g/mol. The van der Waals surface area contributed by atoms with Crippen molar-refractivity contribution in [2.24, 2.45) is 0 Å². The summed E-state index contributed by atoms with van der Waals surface area (Å²) in [5, 5.41) is 8.93. The first-order chi connectivity index (χ1) is 9.32. The van der Waals surface area contributed by atoms with Gasteiger partial charge in [-0.2, -0.15) is 5.26 Å². The van der Waals surface area contributed by atoms with E-state index in [9.17, 15) is 18.0 Å². The van der Waals surface area contributed by atoms with Crippen LogP contribution in [0.2, 0.25) is 0 Å². The standard InChI is InChI=1S/C12H9BrF3NO3/c1-2-19-11(18)7-3-8(6-17)9(5-13)10(4-7)20-12(14,15)16/h3-4H,2,5H2,1H3. The normalized spacial score (nSPS) is 10.8. The minimum atomic E-state index is -4.92. The number of esters is 1. The van der Waals surface area contributed by atoms with Crippen molar-refractivity contribution >= 4 is 21.9 Å². The summed E-state index contributed by atoms with van der Waals surface area (Å²) in [7, 11) is 0. The molecule has 0 amide bonds. The maximum absolute atomic E-state index is 12.3. The molecule has 108 valence electrons. The number of ether oxygens (including phenoxy) is 2. The second-order valence-corrected chi connectivity index (χ2v) is 4.07. The largest absolute Gasteiger partial charge is 0.573 e. The first kappa shape index (κ1) is 16.3. The second-order valence-electron chi connectivity index (χ2n) is 3.51. The van der Waals surface area contributed by atoms with Crippen molar-refractivity contribution in [3.63, 3.8) is 0 Å². The topological polar surface area (TPSA) is 59.3 Å². The molecular formula is C12H9BrF3NO3. The van der Waals surface area contributed by atoms with Gasteiger partial charge in [0.2, 0.25) is 0 Å². The lowest BCUT2D eigenvalue weighted by Crippen LogP contribution is -2.19. The average molecular weight is 352 g/mol. The van der Waals surface area contributed by atoms with E-state index in [4.69, 9.17) is 5.26 Å². The summed E-state index contributed by atoms with van der Waals surface area (Å²) < 4.78 is 45.5. The third kappa shape index (κ3) is 4.13. The number of nitrogens with zero attached hydrogens (tertiary/aromatic N) is 1. The predicted molar refractivity (Wildman–Crippen MR) is 66.4 cm³/mol. The van der Waals surface area contributed by atoms with E-state index in [1.165, 1.54) is 0 Å². The quantitative estimate of drug-likeness (QED) is 0.615. The van der Waals surface area contributed by atoms with Gasteiger partial charge in [-0.15, -0.1) is 13.2 Å². The number of halogens is 4. The van der Waals surface area contributed by atoms with E-state index in [0.717, 1.165) is 12.1 Å². The van der Waals surface area contributed by atoms with Gasteiger partial charge in [-0.1, -0.05) is 15.9 Å². The highest BCUT2D eigenvalue weighted by Crippen LogP contribution is 2.31. The third-order valence-corrected chi connectivity index (χ3v) is 2.76. The van der Waals surface area contributed by atoms with Crippen LogP contribution in [0.3, 0.4) is 0 Å². The van der Waals surface area contributed by atoms with Crippen molar-refractivity contribution < 1.29 is 27.4 Å². The SMILES string of the molecule is CCOC(=O)c1cc(C#N)c(CBr)c(OC(F)(F)F)c1. The summed E-state index contributed by atoms with van der Waals surface area (Å²) in [6, 6.07) is 3.80. The lowest BCUT2D eigenvalue weighted by molar-refractivity contribution is -0.274. The number of hydrogen-bond donors (Lipinski definition) is 0. The van der Waals surface area contributed by atoms with Crippen LogP contribution in [-0.4, -0.2) is 18.9 Å². The molecule has 0 saturated carbocycles. The van der Waals surface area contributed by atoms with Gasteiger partial charge in [0, 0.05) is 10.9 Å². The van der Waals surface area contributed by atoms with Gasteiger partial charge in [0.05, 0.1) is 23.8 Å². The Balaban J connectivity index is 3.35. The van der Waals surface area contributed by atoms with E-state index >= 15 is 0 Å². The van der Waals surface area contributed by atoms with Crippen molar-refractivity contribution in [1.29, 1.82) is 5.26 Å². The molecular weight excluding hydrogens is 343 g/mol. The molecule has 0 aliphatic rings. The molecule has 0 fully saturated rings. The Morgan fingerprint density at radius 2 is 2.10 bits per heavy atom. The number of rotatable bonds is 4. The highest BCUT2D eigenvalue weighted by Gasteiger charge is 2.33. The molecule has 0 N–H and O–H groups in total. The van der Waals surface area contributed by atoms with Crippen LogP contribution in [0.5, 0.6) is 5.75 Å². The molecule has 0 aliphatic carbocycles. The van der Waals surface area contributed by atoms with Crippen LogP contribution in [-0.2, 0) is 10.1 Å². The van der Waals surface area contributed by atoms with E-state index < -0.39 is 18.1 Å². The minimum Gasteiger partial charge on any atom is -0.462 e. The molecule has 0 unspecified atom stereocenters. The Labute approximate surface area is 121 Å². The van der Waals surface area contributed by atoms with E-state index in [0.29, 0.717) is 0 Å². The van der Waals surface area contributed by atoms with Gasteiger partial charge >= 0.3 is 12.3 Å². The molecule has 0 aliphatic heterocycles. The summed E-state index contributed by atoms with van der Waals surface area (Å²) in [5.74, 6) is -1.42. The zero-order valence-corrected chi connectivity index (χ0v) is 11.8. The highest BCUT2D eigenvalue weighted by atomic mass is 79.9. The van der Waals surface area contributed by atoms with E-state index in [-0.39, 0.29) is 28.6 Å². The summed E-state index contributed by atoms with van der Waals surface area (Å²) in [4.78, 5) is 11.6. The third-order valence-electron chi connectivity index (χ3n) is 2.20. The molecule has 1 aromatic rings. The van der Waals surface area contributed by atoms with Crippen LogP contribution in [0.1, 0.15) is 28.4 Å². The molecule has 4 nitrogen and oxygen atoms in total. The van der Waals surface area contributed by atoms with Crippen molar-refractivity contribution in [2.45, 2.75) is 18.6 Å². The van der Waals surface area contributed by atoms with Gasteiger partial charge < -0.3 is 9.47 Å². The number of carbonyl (C=O) groups excluding carboxylic acids is 1. The fourth-order valence-corrected chi connectivity index (χ4v) is 2.01. The molecule has 0 heterocycles. The summed E-state index contributed by atoms with van der Waals surface area (Å²) in [6.45, 7) is 1.62. The van der Waals surface area contributed by atoms with E-state index in [1.807, 2.05) is 0 Å². The number of alkyl halides is 4. The fourth-order valence-electron chi connectivity index (χ4n) is 1.43. The van der Waals surface area contributed by atoms with Gasteiger partial charge in [-0.25, -0.2) is 4.79 Å². The number of benzene rings is 1. The molecule has 0 saturated heterocycles. The summed E-state index contributed by atoms with van der Waals surface area (Å²) in [6.07, 6.45) is -4.92. The molecule has 0 bridgehead atoms. The van der Waals surface area contributed by atoms with Crippen molar-refractivity contribution in [2.75, 3.05) is 6.61 Å². The highest BCUT2D eigenvalue weighted by molar-refractivity contribution is 9.08. The maximum Gasteiger partial charge on any atom is 0.573 e. The first-order valence-electron chi connectivity index (χ1n) is 5.38. The van der Waals surface area contributed by atoms with Crippen LogP contribution in [0.15, 0.2) is 12.1 Å². The lowest BCUT2D eigenvalue weighted by atomic mass is 10.0. The molecule has 1 aromatic carbocycles. The van der Waals surface area contributed by atoms with Gasteiger partial charge in [0.1, 0.15) is 5.75 Å². The van der Waals surface area contributed by atoms with E-state index in [1.54, 1.807) is 13.0 Å². The van der Waals surface area contributed by atoms with Gasteiger partial charge in [-0.05, 0) is 19.1 Å². The maximum atomic E-state index is 12.3. The zero-order chi connectivity index (χ0) is 15.3. The second kappa shape index (κ2) is 6.61. The fraction of sp³-hybridized carbons (Fsp3) is 0.333. The smallest absolute Gasteiger partial charge is 0.462 e. The molecule has 8 heteroatoms. The molecule has 0 atom stereocenters. The minimum absolute atomic E-state index is 0.0119. The Morgan fingerprint density at radius 3 is 2.55 bits per heavy atom.